The molecule has 0 spiro atoms. The maximum Gasteiger partial charge on any atom is 0.573 e. The fourth-order valence-corrected chi connectivity index (χ4v) is 3.50. The van der Waals surface area contributed by atoms with Crippen LogP contribution in [-0.4, -0.2) is 34.9 Å². The fourth-order valence-electron chi connectivity index (χ4n) is 3.50. The van der Waals surface area contributed by atoms with Crippen molar-refractivity contribution in [2.24, 2.45) is 5.92 Å². The summed E-state index contributed by atoms with van der Waals surface area (Å²) in [6.45, 7) is 0.655. The van der Waals surface area contributed by atoms with Gasteiger partial charge in [0.2, 0.25) is 11.8 Å². The summed E-state index contributed by atoms with van der Waals surface area (Å²) in [7, 11) is 1.24. The molecule has 2 N–H and O–H groups in total. The van der Waals surface area contributed by atoms with E-state index in [9.17, 15) is 18.1 Å². The van der Waals surface area contributed by atoms with Crippen LogP contribution in [0, 0.1) is 10.8 Å². The summed E-state index contributed by atoms with van der Waals surface area (Å²) in [6.07, 6.45) is 2.33. The third kappa shape index (κ3) is 6.69. The van der Waals surface area contributed by atoms with Crippen molar-refractivity contribution in [2.45, 2.75) is 45.0 Å². The minimum Gasteiger partial charge on any atom is -0.405 e. The van der Waals surface area contributed by atoms with E-state index >= 15 is 0 Å². The van der Waals surface area contributed by atoms with Crippen LogP contribution in [0.1, 0.15) is 37.7 Å². The van der Waals surface area contributed by atoms with E-state index in [1.165, 1.54) is 50.8 Å². The summed E-state index contributed by atoms with van der Waals surface area (Å²) in [4.78, 5) is 25.4. The van der Waals surface area contributed by atoms with Crippen molar-refractivity contribution in [3.05, 3.63) is 40.9 Å². The smallest absolute Gasteiger partial charge is 0.405 e. The lowest BCUT2D eigenvalue weighted by molar-refractivity contribution is -0.736. The third-order valence-electron chi connectivity index (χ3n) is 5.05. The van der Waals surface area contributed by atoms with Crippen LogP contribution >= 0.6 is 0 Å². The molecule has 1 aliphatic rings. The number of benzene rings is 1. The first-order valence-corrected chi connectivity index (χ1v) is 10.1. The molecule has 1 aromatic heterocycles. The van der Waals surface area contributed by atoms with Crippen molar-refractivity contribution in [1.29, 1.82) is 0 Å². The number of para-hydroxylation sites is 1. The van der Waals surface area contributed by atoms with Crippen LogP contribution in [0.4, 0.5) is 30.6 Å². The molecule has 31 heavy (non-hydrogen) atoms. The van der Waals surface area contributed by atoms with E-state index in [1.54, 1.807) is 6.07 Å². The van der Waals surface area contributed by atoms with E-state index < -0.39 is 6.36 Å². The monoisotopic (exact) mass is 440 g/mol. The number of ether oxygens (including phenoxy) is 1. The SMILES string of the molecule is CO[N+](=O)c1cnc(NCc2ccccc2OC(F)(F)F)nc1NCC1CCCCC1. The van der Waals surface area contributed by atoms with E-state index in [0.29, 0.717) is 23.2 Å². The highest BCUT2D eigenvalue weighted by atomic mass is 19.4. The van der Waals surface area contributed by atoms with Gasteiger partial charge in [0.05, 0.1) is 4.91 Å². The highest BCUT2D eigenvalue weighted by Crippen LogP contribution is 2.29. The molecule has 0 bridgehead atoms. The fraction of sp³-hybridized carbons (Fsp3) is 0.500. The quantitative estimate of drug-likeness (QED) is 0.533. The molecule has 0 amide bonds. The van der Waals surface area contributed by atoms with Crippen molar-refractivity contribution in [1.82, 2.24) is 9.97 Å². The van der Waals surface area contributed by atoms with Crippen molar-refractivity contribution >= 4 is 17.5 Å². The number of nitrogens with zero attached hydrogens (tertiary/aromatic N) is 3. The molecule has 0 saturated heterocycles. The van der Waals surface area contributed by atoms with Gasteiger partial charge in [-0.2, -0.15) is 4.98 Å². The molecule has 0 atom stereocenters. The number of alkyl halides is 3. The molecule has 1 aromatic carbocycles. The Hall–Kier alpha value is -3.11. The summed E-state index contributed by atoms with van der Waals surface area (Å²) >= 11 is 0. The van der Waals surface area contributed by atoms with E-state index in [1.807, 2.05) is 0 Å². The molecule has 11 heteroatoms. The molecular formula is C20H25F3N5O3+. The average molecular weight is 440 g/mol. The Morgan fingerprint density at radius 2 is 1.90 bits per heavy atom. The number of aromatic nitrogens is 2. The molecule has 2 aromatic rings. The second-order valence-electron chi connectivity index (χ2n) is 7.26. The van der Waals surface area contributed by atoms with Gasteiger partial charge < -0.3 is 15.4 Å². The highest BCUT2D eigenvalue weighted by Gasteiger charge is 2.32. The summed E-state index contributed by atoms with van der Waals surface area (Å²) in [5.41, 5.74) is 0.399. The normalized spacial score (nSPS) is 14.7. The maximum atomic E-state index is 12.6. The molecule has 3 rings (SSSR count). The second-order valence-corrected chi connectivity index (χ2v) is 7.26. The number of hydrogen-bond acceptors (Lipinski definition) is 7. The topological polar surface area (TPSA) is 88.4 Å². The second kappa shape index (κ2) is 10.3. The molecular weight excluding hydrogens is 415 g/mol. The predicted molar refractivity (Wildman–Crippen MR) is 108 cm³/mol. The van der Waals surface area contributed by atoms with Crippen LogP contribution in [-0.2, 0) is 11.4 Å². The van der Waals surface area contributed by atoms with Crippen LogP contribution in [0.25, 0.3) is 0 Å². The molecule has 1 fully saturated rings. The van der Waals surface area contributed by atoms with Gasteiger partial charge >= 0.3 is 12.0 Å². The molecule has 1 saturated carbocycles. The standard InChI is InChI=1S/C20H25F3N5O3/c1-30-28(29)16-13-26-19(27-18(16)24-11-14-7-3-2-4-8-14)25-12-15-9-5-6-10-17(15)31-20(21,22)23/h5-6,9-10,13-14H,2-4,7-8,11-12H2,1H3,(H2,24,25,26,27)/q+1. The van der Waals surface area contributed by atoms with Gasteiger partial charge in [-0.1, -0.05) is 37.5 Å². The van der Waals surface area contributed by atoms with Crippen LogP contribution in [0.5, 0.6) is 5.75 Å². The molecule has 1 aliphatic carbocycles. The molecule has 8 nitrogen and oxygen atoms in total. The van der Waals surface area contributed by atoms with Crippen LogP contribution in [0.15, 0.2) is 30.5 Å². The van der Waals surface area contributed by atoms with Crippen molar-refractivity contribution in [3.63, 3.8) is 0 Å². The van der Waals surface area contributed by atoms with Crippen molar-refractivity contribution in [3.8, 4) is 5.75 Å². The van der Waals surface area contributed by atoms with Crippen LogP contribution in [0.3, 0.4) is 0 Å². The zero-order valence-electron chi connectivity index (χ0n) is 17.1. The first-order valence-electron chi connectivity index (χ1n) is 10.1. The van der Waals surface area contributed by atoms with Gasteiger partial charge in [0.15, 0.2) is 7.11 Å². The van der Waals surface area contributed by atoms with Gasteiger partial charge in [-0.05, 0) is 24.8 Å². The van der Waals surface area contributed by atoms with Crippen molar-refractivity contribution in [2.75, 3.05) is 24.3 Å². The zero-order chi connectivity index (χ0) is 22.3. The summed E-state index contributed by atoms with van der Waals surface area (Å²) < 4.78 is 41.9. The zero-order valence-corrected chi connectivity index (χ0v) is 17.1. The minimum atomic E-state index is -4.79. The Morgan fingerprint density at radius 3 is 2.61 bits per heavy atom. The lowest BCUT2D eigenvalue weighted by atomic mass is 9.89. The third-order valence-corrected chi connectivity index (χ3v) is 5.05. The molecule has 0 aliphatic heterocycles. The van der Waals surface area contributed by atoms with Crippen LogP contribution < -0.4 is 15.4 Å². The summed E-state index contributed by atoms with van der Waals surface area (Å²) in [5.74, 6) is 0.628. The summed E-state index contributed by atoms with van der Waals surface area (Å²) in [6, 6.07) is 5.81. The largest absolute Gasteiger partial charge is 0.573 e. The van der Waals surface area contributed by atoms with Crippen molar-refractivity contribution < 1.29 is 27.7 Å². The van der Waals surface area contributed by atoms with Gasteiger partial charge in [0.1, 0.15) is 11.9 Å². The Balaban J connectivity index is 1.72. The molecule has 1 heterocycles. The predicted octanol–water partition coefficient (Wildman–Crippen LogP) is 4.95. The van der Waals surface area contributed by atoms with E-state index in [2.05, 4.69) is 25.3 Å². The Morgan fingerprint density at radius 1 is 1.16 bits per heavy atom. The first kappa shape index (κ1) is 22.6. The molecule has 168 valence electrons. The molecule has 0 unspecified atom stereocenters. The number of nitrogens with one attached hydrogen (secondary N) is 2. The lowest BCUT2D eigenvalue weighted by Crippen LogP contribution is -2.19. The molecule has 0 radical (unpaired) electrons. The van der Waals surface area contributed by atoms with Gasteiger partial charge in [-0.15, -0.1) is 13.2 Å². The van der Waals surface area contributed by atoms with Gasteiger partial charge in [-0.25, -0.2) is 9.82 Å². The lowest BCUT2D eigenvalue weighted by Gasteiger charge is -2.21. The Labute approximate surface area is 177 Å². The number of rotatable bonds is 9. The van der Waals surface area contributed by atoms with E-state index in [4.69, 9.17) is 4.84 Å². The van der Waals surface area contributed by atoms with Gasteiger partial charge in [-0.3, -0.25) is 0 Å². The number of halogens is 3. The number of hydrogen-bond donors (Lipinski definition) is 2. The minimum absolute atomic E-state index is 0.000960. The first-order chi connectivity index (χ1) is 14.9. The highest BCUT2D eigenvalue weighted by molar-refractivity contribution is 5.56. The van der Waals surface area contributed by atoms with Gasteiger partial charge in [0, 0.05) is 18.7 Å². The van der Waals surface area contributed by atoms with Gasteiger partial charge in [0.25, 0.3) is 4.92 Å². The average Bonchev–Trinajstić information content (AvgIpc) is 2.76. The van der Waals surface area contributed by atoms with E-state index in [0.717, 1.165) is 12.8 Å². The maximum absolute atomic E-state index is 12.6. The summed E-state index contributed by atoms with van der Waals surface area (Å²) in [5, 5.41) is 6.07. The van der Waals surface area contributed by atoms with E-state index in [-0.39, 0.29) is 29.5 Å². The Bertz CT molecular complexity index is 889. The Kier molecular flexibility index (Phi) is 7.48. The number of anilines is 2. The van der Waals surface area contributed by atoms with Crippen LogP contribution in [0.2, 0.25) is 0 Å².